The van der Waals surface area contributed by atoms with E-state index in [2.05, 4.69) is 13.8 Å². The summed E-state index contributed by atoms with van der Waals surface area (Å²) in [4.78, 5) is 14.9. The second-order valence-corrected chi connectivity index (χ2v) is 9.77. The fourth-order valence-corrected chi connectivity index (χ4v) is 5.40. The first-order valence-corrected chi connectivity index (χ1v) is 12.3. The Balaban J connectivity index is 1.33. The van der Waals surface area contributed by atoms with Gasteiger partial charge >= 0.3 is 0 Å². The zero-order valence-corrected chi connectivity index (χ0v) is 19.5. The second-order valence-electron chi connectivity index (χ2n) is 9.77. The third kappa shape index (κ3) is 5.16. The molecule has 1 aliphatic heterocycles. The Kier molecular flexibility index (Phi) is 7.49. The van der Waals surface area contributed by atoms with Crippen LogP contribution in [0.2, 0.25) is 0 Å². The molecule has 32 heavy (non-hydrogen) atoms. The van der Waals surface area contributed by atoms with Crippen molar-refractivity contribution in [1.29, 1.82) is 0 Å². The number of halogens is 1. The van der Waals surface area contributed by atoms with Crippen molar-refractivity contribution in [3.63, 3.8) is 0 Å². The van der Waals surface area contributed by atoms with Gasteiger partial charge in [-0.05, 0) is 60.6 Å². The number of fused-ring (bicyclic) bond motifs is 1. The van der Waals surface area contributed by atoms with Crippen LogP contribution in [0, 0.1) is 23.6 Å². The van der Waals surface area contributed by atoms with Gasteiger partial charge in [0.2, 0.25) is 0 Å². The molecule has 1 heterocycles. The van der Waals surface area contributed by atoms with E-state index in [4.69, 9.17) is 4.74 Å². The van der Waals surface area contributed by atoms with Crippen molar-refractivity contribution in [2.24, 2.45) is 17.8 Å². The number of rotatable bonds is 9. The quantitative estimate of drug-likeness (QED) is 0.423. The number of amides is 1. The van der Waals surface area contributed by atoms with Gasteiger partial charge in [-0.15, -0.1) is 0 Å². The largest absolute Gasteiger partial charge is 0.486 e. The van der Waals surface area contributed by atoms with E-state index >= 15 is 4.39 Å². The van der Waals surface area contributed by atoms with Gasteiger partial charge < -0.3 is 9.64 Å². The lowest BCUT2D eigenvalue weighted by Crippen LogP contribution is -2.32. The van der Waals surface area contributed by atoms with Gasteiger partial charge in [0.05, 0.1) is 5.56 Å². The lowest BCUT2D eigenvalue weighted by Gasteiger charge is -2.34. The van der Waals surface area contributed by atoms with Crippen molar-refractivity contribution in [2.75, 3.05) is 6.54 Å². The van der Waals surface area contributed by atoms with Crippen LogP contribution in [-0.2, 0) is 13.2 Å². The highest BCUT2D eigenvalue weighted by Crippen LogP contribution is 2.37. The van der Waals surface area contributed by atoms with Crippen molar-refractivity contribution in [3.8, 4) is 5.75 Å². The molecule has 1 unspecified atom stereocenters. The zero-order chi connectivity index (χ0) is 22.5. The number of carbonyl (C=O) groups excluding carboxylic acids is 1. The summed E-state index contributed by atoms with van der Waals surface area (Å²) in [6, 6.07) is 13.2. The minimum Gasteiger partial charge on any atom is -0.486 e. The van der Waals surface area contributed by atoms with Crippen LogP contribution in [0.4, 0.5) is 4.39 Å². The number of hydrogen-bond acceptors (Lipinski definition) is 2. The average molecular weight is 438 g/mol. The number of unbranched alkanes of at least 4 members (excludes halogenated alkanes) is 1. The van der Waals surface area contributed by atoms with Crippen molar-refractivity contribution >= 4 is 5.91 Å². The summed E-state index contributed by atoms with van der Waals surface area (Å²) >= 11 is 0. The molecule has 1 atom stereocenters. The molecule has 1 aliphatic carbocycles. The number of benzene rings is 2. The Labute approximate surface area is 192 Å². The van der Waals surface area contributed by atoms with Crippen molar-refractivity contribution in [2.45, 2.75) is 71.9 Å². The molecule has 2 aromatic rings. The first-order valence-electron chi connectivity index (χ1n) is 12.3. The molecule has 0 saturated heterocycles. The minimum atomic E-state index is -0.514. The maximum Gasteiger partial charge on any atom is 0.257 e. The molecule has 0 N–H and O–H groups in total. The molecule has 0 aromatic heterocycles. The maximum atomic E-state index is 15.1. The number of ether oxygens (including phenoxy) is 1. The molecule has 0 spiro atoms. The summed E-state index contributed by atoms with van der Waals surface area (Å²) in [5.41, 5.74) is 1.96. The zero-order valence-electron chi connectivity index (χ0n) is 19.5. The van der Waals surface area contributed by atoms with Gasteiger partial charge in [-0.1, -0.05) is 69.5 Å². The second kappa shape index (κ2) is 10.5. The number of nitrogens with zero attached hydrogens (tertiary/aromatic N) is 1. The normalized spacial score (nSPS) is 21.5. The molecule has 4 heteroatoms. The van der Waals surface area contributed by atoms with E-state index in [1.807, 2.05) is 41.3 Å². The molecular weight excluding hydrogens is 401 g/mol. The summed E-state index contributed by atoms with van der Waals surface area (Å²) in [7, 11) is 0. The predicted octanol–water partition coefficient (Wildman–Crippen LogP) is 6.99. The van der Waals surface area contributed by atoms with Crippen LogP contribution in [0.3, 0.4) is 0 Å². The standard InChI is InChI=1S/C28H36FNO2/c1-3-4-8-20(2)23-13-11-21(12-14-23)17-30-18-24-15-16-25(27(29)26(24)28(30)31)32-19-22-9-6-5-7-10-22/h5-7,9-10,15-16,20-21,23H,3-4,8,11-14,17-19H2,1-2H3. The van der Waals surface area contributed by atoms with Gasteiger partial charge in [0.15, 0.2) is 11.6 Å². The molecule has 1 amide bonds. The highest BCUT2D eigenvalue weighted by Gasteiger charge is 2.34. The molecule has 2 aromatic carbocycles. The molecule has 0 radical (unpaired) electrons. The van der Waals surface area contributed by atoms with E-state index in [9.17, 15) is 4.79 Å². The van der Waals surface area contributed by atoms with E-state index in [1.165, 1.54) is 44.9 Å². The van der Waals surface area contributed by atoms with Crippen LogP contribution in [0.5, 0.6) is 5.75 Å². The van der Waals surface area contributed by atoms with Gasteiger partial charge in [-0.3, -0.25) is 4.79 Å². The van der Waals surface area contributed by atoms with Crippen LogP contribution >= 0.6 is 0 Å². The van der Waals surface area contributed by atoms with Crippen LogP contribution < -0.4 is 4.74 Å². The van der Waals surface area contributed by atoms with Crippen molar-refractivity contribution < 1.29 is 13.9 Å². The summed E-state index contributed by atoms with van der Waals surface area (Å²) in [5, 5.41) is 0. The summed E-state index contributed by atoms with van der Waals surface area (Å²) in [6.45, 7) is 6.20. The summed E-state index contributed by atoms with van der Waals surface area (Å²) < 4.78 is 20.8. The van der Waals surface area contributed by atoms with E-state index in [0.29, 0.717) is 12.5 Å². The highest BCUT2D eigenvalue weighted by molar-refractivity contribution is 5.99. The Bertz CT molecular complexity index is 905. The molecule has 1 fully saturated rings. The first-order chi connectivity index (χ1) is 15.6. The van der Waals surface area contributed by atoms with Gasteiger partial charge in [0.25, 0.3) is 5.91 Å². The smallest absolute Gasteiger partial charge is 0.257 e. The number of hydrogen-bond donors (Lipinski definition) is 0. The Morgan fingerprint density at radius 1 is 1.09 bits per heavy atom. The molecule has 1 saturated carbocycles. The van der Waals surface area contributed by atoms with Crippen LogP contribution in [0.1, 0.15) is 80.3 Å². The molecule has 0 bridgehead atoms. The maximum absolute atomic E-state index is 15.1. The first kappa shape index (κ1) is 22.8. The SMILES string of the molecule is CCCCC(C)C1CCC(CN2Cc3ccc(OCc4ccccc4)c(F)c3C2=O)CC1. The Hall–Kier alpha value is -2.36. The van der Waals surface area contributed by atoms with Gasteiger partial charge in [0.1, 0.15) is 6.61 Å². The van der Waals surface area contributed by atoms with Gasteiger partial charge in [0, 0.05) is 13.1 Å². The summed E-state index contributed by atoms with van der Waals surface area (Å²) in [5.74, 6) is 1.62. The van der Waals surface area contributed by atoms with Crippen molar-refractivity contribution in [1.82, 2.24) is 4.90 Å². The molecule has 2 aliphatic rings. The molecular formula is C28H36FNO2. The lowest BCUT2D eigenvalue weighted by atomic mass is 9.75. The lowest BCUT2D eigenvalue weighted by molar-refractivity contribution is 0.0717. The van der Waals surface area contributed by atoms with E-state index in [1.54, 1.807) is 6.07 Å². The van der Waals surface area contributed by atoms with E-state index in [-0.39, 0.29) is 23.8 Å². The average Bonchev–Trinajstić information content (AvgIpc) is 3.14. The van der Waals surface area contributed by atoms with E-state index in [0.717, 1.165) is 29.5 Å². The van der Waals surface area contributed by atoms with E-state index < -0.39 is 5.82 Å². The highest BCUT2D eigenvalue weighted by atomic mass is 19.1. The Morgan fingerprint density at radius 3 is 2.56 bits per heavy atom. The van der Waals surface area contributed by atoms with Gasteiger partial charge in [-0.2, -0.15) is 0 Å². The summed E-state index contributed by atoms with van der Waals surface area (Å²) in [6.07, 6.45) is 8.80. The molecule has 4 rings (SSSR count). The van der Waals surface area contributed by atoms with Crippen LogP contribution in [0.25, 0.3) is 0 Å². The topological polar surface area (TPSA) is 29.5 Å². The minimum absolute atomic E-state index is 0.157. The van der Waals surface area contributed by atoms with Crippen LogP contribution in [-0.4, -0.2) is 17.4 Å². The monoisotopic (exact) mass is 437 g/mol. The van der Waals surface area contributed by atoms with Crippen LogP contribution in [0.15, 0.2) is 42.5 Å². The van der Waals surface area contributed by atoms with Gasteiger partial charge in [-0.25, -0.2) is 4.39 Å². The Morgan fingerprint density at radius 2 is 1.84 bits per heavy atom. The fraction of sp³-hybridized carbons (Fsp3) is 0.536. The molecule has 3 nitrogen and oxygen atoms in total. The molecule has 172 valence electrons. The van der Waals surface area contributed by atoms with Crippen molar-refractivity contribution in [3.05, 3.63) is 65.0 Å². The fourth-order valence-electron chi connectivity index (χ4n) is 5.40. The third-order valence-electron chi connectivity index (χ3n) is 7.48. The predicted molar refractivity (Wildman–Crippen MR) is 126 cm³/mol. The number of carbonyl (C=O) groups is 1. The third-order valence-corrected chi connectivity index (χ3v) is 7.48.